The summed E-state index contributed by atoms with van der Waals surface area (Å²) in [5.41, 5.74) is 5.43. The molecular weight excluding hydrogens is 198 g/mol. The van der Waals surface area contributed by atoms with E-state index in [1.807, 2.05) is 13.8 Å². The van der Waals surface area contributed by atoms with E-state index in [1.165, 1.54) is 0 Å². The molecular formula is C9H19N3O3. The van der Waals surface area contributed by atoms with Gasteiger partial charge in [0.15, 0.2) is 5.84 Å². The zero-order chi connectivity index (χ0) is 12.0. The second-order valence-electron chi connectivity index (χ2n) is 3.84. The Balaban J connectivity index is 4.36. The van der Waals surface area contributed by atoms with Crippen LogP contribution in [0.2, 0.25) is 0 Å². The highest BCUT2D eigenvalue weighted by Crippen LogP contribution is 2.02. The van der Waals surface area contributed by atoms with Crippen molar-refractivity contribution in [3.05, 3.63) is 0 Å². The van der Waals surface area contributed by atoms with Crippen molar-refractivity contribution < 1.29 is 14.7 Å². The molecule has 88 valence electrons. The van der Waals surface area contributed by atoms with Crippen LogP contribution in [-0.2, 0) is 4.74 Å². The summed E-state index contributed by atoms with van der Waals surface area (Å²) < 4.78 is 4.88. The summed E-state index contributed by atoms with van der Waals surface area (Å²) in [6.45, 7) is 7.18. The van der Waals surface area contributed by atoms with Crippen molar-refractivity contribution in [3.8, 4) is 0 Å². The second kappa shape index (κ2) is 6.10. The predicted molar refractivity (Wildman–Crippen MR) is 56.8 cm³/mol. The third kappa shape index (κ3) is 5.09. The number of ether oxygens (including phenoxy) is 1. The Morgan fingerprint density at radius 3 is 2.27 bits per heavy atom. The molecule has 0 fully saturated rings. The van der Waals surface area contributed by atoms with Crippen LogP contribution in [0.15, 0.2) is 5.16 Å². The van der Waals surface area contributed by atoms with Gasteiger partial charge in [0.05, 0.1) is 12.1 Å². The van der Waals surface area contributed by atoms with E-state index in [0.29, 0.717) is 0 Å². The van der Waals surface area contributed by atoms with E-state index >= 15 is 0 Å². The minimum atomic E-state index is -0.574. The molecule has 15 heavy (non-hydrogen) atoms. The zero-order valence-corrected chi connectivity index (χ0v) is 9.52. The Labute approximate surface area is 89.5 Å². The first kappa shape index (κ1) is 13.5. The van der Waals surface area contributed by atoms with Crippen molar-refractivity contribution in [3.63, 3.8) is 0 Å². The molecule has 0 saturated carbocycles. The second-order valence-corrected chi connectivity index (χ2v) is 3.84. The highest BCUT2D eigenvalue weighted by Gasteiger charge is 2.21. The van der Waals surface area contributed by atoms with Crippen molar-refractivity contribution >= 4 is 11.9 Å². The normalized spacial score (nSPS) is 14.1. The van der Waals surface area contributed by atoms with Gasteiger partial charge in [-0.3, -0.25) is 0 Å². The molecule has 0 bridgehead atoms. The number of hydrogen-bond acceptors (Lipinski definition) is 4. The maximum absolute atomic E-state index is 11.3. The van der Waals surface area contributed by atoms with Gasteiger partial charge < -0.3 is 21.0 Å². The number of carbonyl (C=O) groups is 1. The van der Waals surface area contributed by atoms with Crippen LogP contribution in [0.4, 0.5) is 4.79 Å². The first-order valence-corrected chi connectivity index (χ1v) is 4.83. The fourth-order valence-corrected chi connectivity index (χ4v) is 1.02. The molecule has 4 N–H and O–H groups in total. The third-order valence-corrected chi connectivity index (χ3v) is 1.72. The summed E-state index contributed by atoms with van der Waals surface area (Å²) in [7, 11) is 0. The summed E-state index contributed by atoms with van der Waals surface area (Å²) in [5.74, 6) is -0.0219. The van der Waals surface area contributed by atoms with E-state index in [9.17, 15) is 4.79 Å². The lowest BCUT2D eigenvalue weighted by Gasteiger charge is -2.21. The van der Waals surface area contributed by atoms with Gasteiger partial charge in [-0.05, 0) is 19.8 Å². The molecule has 0 spiro atoms. The van der Waals surface area contributed by atoms with E-state index in [-0.39, 0.29) is 17.9 Å². The van der Waals surface area contributed by atoms with Crippen LogP contribution < -0.4 is 11.1 Å². The van der Waals surface area contributed by atoms with Crippen LogP contribution in [0.3, 0.4) is 0 Å². The van der Waals surface area contributed by atoms with Crippen molar-refractivity contribution in [2.75, 3.05) is 0 Å². The fraction of sp³-hybridized carbons (Fsp3) is 0.778. The van der Waals surface area contributed by atoms with Crippen LogP contribution in [0.5, 0.6) is 0 Å². The van der Waals surface area contributed by atoms with Crippen molar-refractivity contribution in [2.45, 2.75) is 39.8 Å². The Kier molecular flexibility index (Phi) is 5.51. The number of hydrogen-bond donors (Lipinski definition) is 3. The number of oxime groups is 1. The molecule has 0 radical (unpaired) electrons. The van der Waals surface area contributed by atoms with E-state index in [0.717, 1.165) is 0 Å². The fourth-order valence-electron chi connectivity index (χ4n) is 1.02. The van der Waals surface area contributed by atoms with E-state index < -0.39 is 12.1 Å². The molecule has 0 saturated heterocycles. The number of amides is 1. The lowest BCUT2D eigenvalue weighted by molar-refractivity contribution is 0.112. The van der Waals surface area contributed by atoms with Gasteiger partial charge in [0.1, 0.15) is 0 Å². The van der Waals surface area contributed by atoms with Gasteiger partial charge in [-0.1, -0.05) is 19.0 Å². The molecule has 6 heteroatoms. The average molecular weight is 217 g/mol. The number of carbonyl (C=O) groups excluding carboxylic acids is 1. The Morgan fingerprint density at radius 1 is 1.40 bits per heavy atom. The monoisotopic (exact) mass is 217 g/mol. The Hall–Kier alpha value is -1.46. The van der Waals surface area contributed by atoms with Gasteiger partial charge in [-0.15, -0.1) is 0 Å². The van der Waals surface area contributed by atoms with Gasteiger partial charge in [0.2, 0.25) is 0 Å². The number of nitrogens with one attached hydrogen (secondary N) is 1. The molecule has 1 amide bonds. The quantitative estimate of drug-likeness (QED) is 0.282. The van der Waals surface area contributed by atoms with Crippen molar-refractivity contribution in [1.82, 2.24) is 5.32 Å². The Bertz CT molecular complexity index is 239. The van der Waals surface area contributed by atoms with E-state index in [2.05, 4.69) is 10.5 Å². The predicted octanol–water partition coefficient (Wildman–Crippen LogP) is 0.892. The third-order valence-electron chi connectivity index (χ3n) is 1.72. The van der Waals surface area contributed by atoms with Crippen molar-refractivity contribution in [1.29, 1.82) is 0 Å². The summed E-state index contributed by atoms with van der Waals surface area (Å²) in [5, 5.41) is 13.9. The van der Waals surface area contributed by atoms with E-state index in [4.69, 9.17) is 15.7 Å². The zero-order valence-electron chi connectivity index (χ0n) is 9.52. The molecule has 0 aromatic heterocycles. The Morgan fingerprint density at radius 2 is 1.93 bits per heavy atom. The van der Waals surface area contributed by atoms with Crippen LogP contribution in [0.25, 0.3) is 0 Å². The number of rotatable bonds is 4. The maximum atomic E-state index is 11.3. The van der Waals surface area contributed by atoms with Gasteiger partial charge in [0.25, 0.3) is 0 Å². The average Bonchev–Trinajstić information content (AvgIpc) is 2.11. The summed E-state index contributed by atoms with van der Waals surface area (Å²) in [6.07, 6.45) is -0.777. The van der Waals surface area contributed by atoms with Crippen LogP contribution in [-0.4, -0.2) is 29.3 Å². The minimum Gasteiger partial charge on any atom is -0.447 e. The van der Waals surface area contributed by atoms with Gasteiger partial charge in [-0.25, -0.2) is 4.79 Å². The molecule has 1 unspecified atom stereocenters. The molecule has 6 nitrogen and oxygen atoms in total. The first-order valence-electron chi connectivity index (χ1n) is 4.83. The summed E-state index contributed by atoms with van der Waals surface area (Å²) >= 11 is 0. The van der Waals surface area contributed by atoms with Gasteiger partial charge in [0, 0.05) is 0 Å². The molecule has 0 aromatic rings. The molecule has 0 aliphatic carbocycles. The highest BCUT2D eigenvalue weighted by molar-refractivity contribution is 5.88. The largest absolute Gasteiger partial charge is 0.447 e. The highest BCUT2D eigenvalue weighted by atomic mass is 16.6. The number of alkyl carbamates (subject to hydrolysis) is 1. The summed E-state index contributed by atoms with van der Waals surface area (Å²) in [4.78, 5) is 11.3. The molecule has 0 aliphatic heterocycles. The van der Waals surface area contributed by atoms with Crippen LogP contribution in [0.1, 0.15) is 27.7 Å². The van der Waals surface area contributed by atoms with Gasteiger partial charge in [-0.2, -0.15) is 0 Å². The molecule has 0 heterocycles. The standard InChI is InChI=1S/C9H19N3O3/c1-5(2)7(8(10)12-14)11-9(13)15-6(3)4/h5-7,14H,1-4H3,(H2,10,12)(H,11,13). The van der Waals surface area contributed by atoms with Crippen molar-refractivity contribution in [2.24, 2.45) is 16.8 Å². The van der Waals surface area contributed by atoms with Crippen LogP contribution >= 0.6 is 0 Å². The minimum absolute atomic E-state index is 0.0145. The summed E-state index contributed by atoms with van der Waals surface area (Å²) in [6, 6.07) is -0.527. The SMILES string of the molecule is CC(C)OC(=O)NC(C(N)=NO)C(C)C. The topological polar surface area (TPSA) is 96.9 Å². The first-order chi connectivity index (χ1) is 6.88. The van der Waals surface area contributed by atoms with E-state index in [1.54, 1.807) is 13.8 Å². The van der Waals surface area contributed by atoms with Gasteiger partial charge >= 0.3 is 6.09 Å². The molecule has 0 rings (SSSR count). The number of nitrogens with zero attached hydrogens (tertiary/aromatic N) is 1. The molecule has 0 aliphatic rings. The lowest BCUT2D eigenvalue weighted by Crippen LogP contribution is -2.48. The molecule has 0 aromatic carbocycles. The maximum Gasteiger partial charge on any atom is 0.407 e. The smallest absolute Gasteiger partial charge is 0.407 e. The number of nitrogens with two attached hydrogens (primary N) is 1. The van der Waals surface area contributed by atoms with Crippen LogP contribution in [0, 0.1) is 5.92 Å². The molecule has 1 atom stereocenters. The lowest BCUT2D eigenvalue weighted by atomic mass is 10.0. The number of amidine groups is 1.